The number of thiophene rings is 1. The molecular weight excluding hydrogens is 356 g/mol. The lowest BCUT2D eigenvalue weighted by Crippen LogP contribution is -2.05. The fraction of sp³-hybridized carbons (Fsp3) is 0.0714. The largest absolute Gasteiger partial charge is 0.455 e. The topological polar surface area (TPSA) is 65.2 Å². The monoisotopic (exact) mass is 364 g/mol. The Balaban J connectivity index is 1.64. The molecule has 0 saturated carbocycles. The molecule has 0 aromatic carbocycles. The van der Waals surface area contributed by atoms with Crippen molar-refractivity contribution in [3.63, 3.8) is 0 Å². The van der Waals surface area contributed by atoms with Crippen LogP contribution in [-0.2, 0) is 11.3 Å². The molecule has 0 spiro atoms. The third kappa shape index (κ3) is 3.37. The van der Waals surface area contributed by atoms with Gasteiger partial charge < -0.3 is 9.26 Å². The third-order valence-corrected chi connectivity index (χ3v) is 3.93. The summed E-state index contributed by atoms with van der Waals surface area (Å²) in [6, 6.07) is 7.28. The molecule has 0 saturated heterocycles. The number of hydrogen-bond acceptors (Lipinski definition) is 6. The van der Waals surface area contributed by atoms with Gasteiger partial charge in [0.15, 0.2) is 5.76 Å². The number of rotatable bonds is 4. The lowest BCUT2D eigenvalue weighted by Gasteiger charge is -2.02. The molecule has 0 radical (unpaired) electrons. The average Bonchev–Trinajstić information content (AvgIpc) is 3.15. The van der Waals surface area contributed by atoms with E-state index >= 15 is 0 Å². The van der Waals surface area contributed by atoms with Gasteiger partial charge in [-0.1, -0.05) is 11.2 Å². The van der Waals surface area contributed by atoms with Gasteiger partial charge in [0.1, 0.15) is 12.3 Å². The Kier molecular flexibility index (Phi) is 4.12. The van der Waals surface area contributed by atoms with Gasteiger partial charge in [0.2, 0.25) is 0 Å². The fourth-order valence-corrected chi connectivity index (χ4v) is 2.70. The summed E-state index contributed by atoms with van der Waals surface area (Å²) in [4.78, 5) is 16.8. The molecule has 0 amide bonds. The van der Waals surface area contributed by atoms with Crippen molar-refractivity contribution in [1.82, 2.24) is 10.1 Å². The van der Waals surface area contributed by atoms with E-state index in [1.165, 1.54) is 6.20 Å². The second-order valence-corrected chi connectivity index (χ2v) is 5.99. The first kappa shape index (κ1) is 14.0. The highest BCUT2D eigenvalue weighted by molar-refractivity contribution is 9.10. The van der Waals surface area contributed by atoms with E-state index in [-0.39, 0.29) is 6.61 Å². The number of esters is 1. The summed E-state index contributed by atoms with van der Waals surface area (Å²) in [6.07, 6.45) is 3.05. The second-order valence-electron chi connectivity index (χ2n) is 4.13. The van der Waals surface area contributed by atoms with Gasteiger partial charge in [-0.05, 0) is 33.4 Å². The van der Waals surface area contributed by atoms with E-state index in [4.69, 9.17) is 9.26 Å². The number of carbonyl (C=O) groups excluding carboxylic acids is 1. The highest BCUT2D eigenvalue weighted by Gasteiger charge is 2.12. The van der Waals surface area contributed by atoms with Crippen molar-refractivity contribution in [2.75, 3.05) is 0 Å². The molecule has 21 heavy (non-hydrogen) atoms. The summed E-state index contributed by atoms with van der Waals surface area (Å²) >= 11 is 4.81. The zero-order valence-corrected chi connectivity index (χ0v) is 13.1. The van der Waals surface area contributed by atoms with Crippen LogP contribution in [-0.4, -0.2) is 16.1 Å². The van der Waals surface area contributed by atoms with Crippen LogP contribution in [0, 0.1) is 0 Å². The predicted molar refractivity (Wildman–Crippen MR) is 80.9 cm³/mol. The molecule has 3 aromatic heterocycles. The molecule has 0 unspecified atom stereocenters. The summed E-state index contributed by atoms with van der Waals surface area (Å²) in [5.41, 5.74) is 0.945. The number of halogens is 1. The fourth-order valence-electron chi connectivity index (χ4n) is 1.66. The van der Waals surface area contributed by atoms with Crippen LogP contribution >= 0.6 is 27.3 Å². The van der Waals surface area contributed by atoms with Gasteiger partial charge in [0.25, 0.3) is 0 Å². The third-order valence-electron chi connectivity index (χ3n) is 2.61. The molecule has 5 nitrogen and oxygen atoms in total. The lowest BCUT2D eigenvalue weighted by atomic mass is 10.3. The van der Waals surface area contributed by atoms with Crippen LogP contribution in [0.4, 0.5) is 0 Å². The van der Waals surface area contributed by atoms with Crippen LogP contribution < -0.4 is 0 Å². The van der Waals surface area contributed by atoms with Crippen LogP contribution in [0.15, 0.2) is 51.0 Å². The van der Waals surface area contributed by atoms with Crippen molar-refractivity contribution >= 4 is 33.2 Å². The van der Waals surface area contributed by atoms with Crippen molar-refractivity contribution < 1.29 is 14.1 Å². The molecule has 0 N–H and O–H groups in total. The number of carbonyl (C=O) groups is 1. The van der Waals surface area contributed by atoms with Crippen molar-refractivity contribution in [1.29, 1.82) is 0 Å². The maximum atomic E-state index is 11.9. The number of pyridine rings is 1. The lowest BCUT2D eigenvalue weighted by molar-refractivity contribution is 0.0463. The maximum absolute atomic E-state index is 11.9. The van der Waals surface area contributed by atoms with Crippen LogP contribution in [0.5, 0.6) is 0 Å². The van der Waals surface area contributed by atoms with Gasteiger partial charge in [-0.2, -0.15) is 0 Å². The van der Waals surface area contributed by atoms with Gasteiger partial charge in [-0.3, -0.25) is 4.98 Å². The van der Waals surface area contributed by atoms with E-state index in [0.717, 1.165) is 9.35 Å². The normalized spacial score (nSPS) is 10.5. The van der Waals surface area contributed by atoms with E-state index in [0.29, 0.717) is 17.0 Å². The highest BCUT2D eigenvalue weighted by Crippen LogP contribution is 2.25. The zero-order chi connectivity index (χ0) is 14.7. The Labute approximate surface area is 132 Å². The van der Waals surface area contributed by atoms with Gasteiger partial charge in [-0.25, -0.2) is 4.79 Å². The van der Waals surface area contributed by atoms with Crippen LogP contribution in [0.1, 0.15) is 16.1 Å². The van der Waals surface area contributed by atoms with E-state index in [9.17, 15) is 4.79 Å². The summed E-state index contributed by atoms with van der Waals surface area (Å²) in [6.45, 7) is 0.0558. The number of nitrogens with zero attached hydrogens (tertiary/aromatic N) is 2. The summed E-state index contributed by atoms with van der Waals surface area (Å²) in [5, 5.41) is 5.84. The minimum absolute atomic E-state index is 0.0558. The van der Waals surface area contributed by atoms with E-state index < -0.39 is 5.97 Å². The summed E-state index contributed by atoms with van der Waals surface area (Å²) in [7, 11) is 0. The summed E-state index contributed by atoms with van der Waals surface area (Å²) < 4.78 is 11.1. The van der Waals surface area contributed by atoms with Crippen molar-refractivity contribution in [3.8, 4) is 10.6 Å². The SMILES string of the molecule is O=C(OCc1cc(-c2cccs2)on1)c1cncc(Br)c1. The summed E-state index contributed by atoms with van der Waals surface area (Å²) in [5.74, 6) is 0.213. The number of aromatic nitrogens is 2. The maximum Gasteiger partial charge on any atom is 0.340 e. The first-order valence-corrected chi connectivity index (χ1v) is 7.67. The number of hydrogen-bond donors (Lipinski definition) is 0. The Morgan fingerprint density at radius 3 is 3.05 bits per heavy atom. The Morgan fingerprint density at radius 2 is 2.29 bits per heavy atom. The zero-order valence-electron chi connectivity index (χ0n) is 10.7. The van der Waals surface area contributed by atoms with Crippen LogP contribution in [0.25, 0.3) is 10.6 Å². The Bertz CT molecular complexity index is 755. The van der Waals surface area contributed by atoms with E-state index in [1.54, 1.807) is 29.7 Å². The second kappa shape index (κ2) is 6.19. The first-order chi connectivity index (χ1) is 10.2. The van der Waals surface area contributed by atoms with Gasteiger partial charge in [0.05, 0.1) is 10.4 Å². The molecule has 0 aliphatic carbocycles. The van der Waals surface area contributed by atoms with Gasteiger partial charge in [0, 0.05) is 22.9 Å². The molecule has 0 aliphatic heterocycles. The number of ether oxygens (including phenoxy) is 1. The van der Waals surface area contributed by atoms with E-state index in [2.05, 4.69) is 26.1 Å². The molecule has 7 heteroatoms. The Morgan fingerprint density at radius 1 is 1.38 bits per heavy atom. The molecule has 106 valence electrons. The van der Waals surface area contributed by atoms with Crippen molar-refractivity contribution in [3.05, 3.63) is 57.8 Å². The minimum atomic E-state index is -0.454. The molecule has 0 aliphatic rings. The standard InChI is InChI=1S/C14H9BrN2O3S/c15-10-4-9(6-16-7-10)14(18)19-8-11-5-12(20-17-11)13-2-1-3-21-13/h1-7H,8H2. The molecule has 3 heterocycles. The van der Waals surface area contributed by atoms with Crippen LogP contribution in [0.3, 0.4) is 0 Å². The van der Waals surface area contributed by atoms with Crippen LogP contribution in [0.2, 0.25) is 0 Å². The molecule has 0 fully saturated rings. The average molecular weight is 365 g/mol. The first-order valence-electron chi connectivity index (χ1n) is 5.99. The molecule has 3 aromatic rings. The molecule has 0 atom stereocenters. The van der Waals surface area contributed by atoms with Crippen molar-refractivity contribution in [2.24, 2.45) is 0 Å². The predicted octanol–water partition coefficient (Wildman–Crippen LogP) is 3.92. The minimum Gasteiger partial charge on any atom is -0.455 e. The highest BCUT2D eigenvalue weighted by atomic mass is 79.9. The quantitative estimate of drug-likeness (QED) is 0.656. The molecule has 3 rings (SSSR count). The van der Waals surface area contributed by atoms with Crippen molar-refractivity contribution in [2.45, 2.75) is 6.61 Å². The van der Waals surface area contributed by atoms with E-state index in [1.807, 2.05) is 17.5 Å². The molecule has 0 bridgehead atoms. The Hall–Kier alpha value is -1.99. The van der Waals surface area contributed by atoms with Gasteiger partial charge >= 0.3 is 5.97 Å². The molecular formula is C14H9BrN2O3S. The van der Waals surface area contributed by atoms with Gasteiger partial charge in [-0.15, -0.1) is 11.3 Å². The smallest absolute Gasteiger partial charge is 0.340 e.